The van der Waals surface area contributed by atoms with Gasteiger partial charge in [-0.25, -0.2) is 9.37 Å². The molecule has 0 bridgehead atoms. The molecule has 0 N–H and O–H groups in total. The molecule has 0 saturated heterocycles. The number of para-hydroxylation sites is 1. The summed E-state index contributed by atoms with van der Waals surface area (Å²) in [6.45, 7) is 0.122. The van der Waals surface area contributed by atoms with Crippen LogP contribution in [0.25, 0.3) is 22.3 Å². The normalized spacial score (nSPS) is 11.1. The molecule has 0 unspecified atom stereocenters. The highest BCUT2D eigenvalue weighted by Crippen LogP contribution is 2.38. The molecule has 0 saturated carbocycles. The molecule has 38 heavy (non-hydrogen) atoms. The van der Waals surface area contributed by atoms with Gasteiger partial charge in [-0.05, 0) is 42.0 Å². The van der Waals surface area contributed by atoms with Crippen LogP contribution in [-0.2, 0) is 6.61 Å². The van der Waals surface area contributed by atoms with Crippen LogP contribution in [0.2, 0.25) is 0 Å². The highest BCUT2D eigenvalue weighted by molar-refractivity contribution is 5.83. The van der Waals surface area contributed by atoms with Crippen LogP contribution in [0.3, 0.4) is 0 Å². The van der Waals surface area contributed by atoms with Crippen molar-refractivity contribution < 1.29 is 18.6 Å². The quantitative estimate of drug-likeness (QED) is 0.252. The fourth-order valence-corrected chi connectivity index (χ4v) is 4.03. The molecule has 1 heterocycles. The molecule has 0 fully saturated rings. The molecule has 190 valence electrons. The maximum atomic E-state index is 13.6. The van der Waals surface area contributed by atoms with E-state index < -0.39 is 0 Å². The lowest BCUT2D eigenvalue weighted by atomic mass is 10.2. The minimum atomic E-state index is -0.343. The Kier molecular flexibility index (Phi) is 7.13. The lowest BCUT2D eigenvalue weighted by molar-refractivity contribution is 0.265. The summed E-state index contributed by atoms with van der Waals surface area (Å²) in [7, 11) is 3.02. The van der Waals surface area contributed by atoms with Crippen LogP contribution in [-0.4, -0.2) is 30.1 Å². The van der Waals surface area contributed by atoms with E-state index >= 15 is 0 Å². The second-order valence-corrected chi connectivity index (χ2v) is 8.35. The van der Waals surface area contributed by atoms with E-state index in [9.17, 15) is 9.18 Å². The first-order chi connectivity index (χ1) is 18.6. The number of ether oxygens (including phenoxy) is 3. The predicted octanol–water partition coefficient (Wildman–Crippen LogP) is 5.68. The molecule has 0 amide bonds. The number of methoxy groups -OCH3 is 2. The Morgan fingerprint density at radius 1 is 0.895 bits per heavy atom. The van der Waals surface area contributed by atoms with Gasteiger partial charge in [-0.3, -0.25) is 4.79 Å². The van der Waals surface area contributed by atoms with E-state index in [2.05, 4.69) is 5.10 Å². The van der Waals surface area contributed by atoms with Gasteiger partial charge in [0, 0.05) is 11.1 Å². The Labute approximate surface area is 218 Å². The smallest absolute Gasteiger partial charge is 0.282 e. The van der Waals surface area contributed by atoms with E-state index in [-0.39, 0.29) is 18.0 Å². The summed E-state index contributed by atoms with van der Waals surface area (Å²) in [5.41, 5.74) is 2.32. The van der Waals surface area contributed by atoms with Crippen LogP contribution in [0.4, 0.5) is 4.39 Å². The highest BCUT2D eigenvalue weighted by atomic mass is 19.1. The molecule has 1 aromatic heterocycles. The van der Waals surface area contributed by atoms with Gasteiger partial charge in [0.15, 0.2) is 17.3 Å². The van der Waals surface area contributed by atoms with Crippen LogP contribution >= 0.6 is 0 Å². The van der Waals surface area contributed by atoms with Crippen molar-refractivity contribution in [2.45, 2.75) is 6.61 Å². The zero-order valence-corrected chi connectivity index (χ0v) is 20.8. The number of nitrogens with zero attached hydrogens (tertiary/aromatic N) is 3. The van der Waals surface area contributed by atoms with E-state index in [0.717, 1.165) is 5.56 Å². The van der Waals surface area contributed by atoms with Crippen LogP contribution in [0.15, 0.2) is 101 Å². The number of hydrogen-bond acceptors (Lipinski definition) is 6. The zero-order valence-electron chi connectivity index (χ0n) is 20.8. The maximum Gasteiger partial charge on any atom is 0.282 e. The van der Waals surface area contributed by atoms with Crippen molar-refractivity contribution in [2.75, 3.05) is 14.2 Å². The first kappa shape index (κ1) is 24.7. The molecule has 0 aliphatic heterocycles. The molecule has 5 rings (SSSR count). The molecular weight excluding hydrogens is 485 g/mol. The van der Waals surface area contributed by atoms with Gasteiger partial charge in [-0.2, -0.15) is 9.78 Å². The molecule has 0 aliphatic rings. The van der Waals surface area contributed by atoms with E-state index in [0.29, 0.717) is 45.1 Å². The summed E-state index contributed by atoms with van der Waals surface area (Å²) in [4.78, 5) is 18.1. The molecule has 0 radical (unpaired) electrons. The average molecular weight is 510 g/mol. The van der Waals surface area contributed by atoms with Crippen LogP contribution in [0, 0.1) is 5.82 Å². The summed E-state index contributed by atoms with van der Waals surface area (Å²) in [5.74, 6) is 1.24. The summed E-state index contributed by atoms with van der Waals surface area (Å²) < 4.78 is 31.9. The zero-order chi connectivity index (χ0) is 26.5. The van der Waals surface area contributed by atoms with Gasteiger partial charge in [-0.1, -0.05) is 54.6 Å². The third-order valence-corrected chi connectivity index (χ3v) is 5.86. The standard InChI is InChI=1S/C30H24FN3O4/c1-36-26-16-21(17-27(37-2)28(26)38-19-20-9-8-12-23(31)15-20)18-32-34-29(22-10-4-3-5-11-22)33-25-14-7-6-13-24(25)30(34)35/h3-18H,19H2,1-2H3. The van der Waals surface area contributed by atoms with E-state index in [1.165, 1.54) is 37.2 Å². The average Bonchev–Trinajstić information content (AvgIpc) is 2.95. The Hall–Kier alpha value is -4.98. The molecule has 5 aromatic rings. The fourth-order valence-electron chi connectivity index (χ4n) is 4.03. The number of rotatable bonds is 8. The first-order valence-electron chi connectivity index (χ1n) is 11.8. The summed E-state index contributed by atoms with van der Waals surface area (Å²) in [5, 5.41) is 4.97. The van der Waals surface area contributed by atoms with E-state index in [1.54, 1.807) is 42.5 Å². The van der Waals surface area contributed by atoms with Crippen molar-refractivity contribution in [1.29, 1.82) is 0 Å². The molecule has 0 spiro atoms. The Morgan fingerprint density at radius 3 is 2.32 bits per heavy atom. The van der Waals surface area contributed by atoms with Gasteiger partial charge >= 0.3 is 0 Å². The van der Waals surface area contributed by atoms with E-state index in [4.69, 9.17) is 19.2 Å². The van der Waals surface area contributed by atoms with Gasteiger partial charge in [-0.15, -0.1) is 0 Å². The van der Waals surface area contributed by atoms with E-state index in [1.807, 2.05) is 36.4 Å². The van der Waals surface area contributed by atoms with Crippen molar-refractivity contribution in [1.82, 2.24) is 9.66 Å². The third-order valence-electron chi connectivity index (χ3n) is 5.86. The SMILES string of the molecule is COc1cc(C=Nn2c(-c3ccccc3)nc3ccccc3c2=O)cc(OC)c1OCc1cccc(F)c1. The summed E-state index contributed by atoms with van der Waals surface area (Å²) in [6.07, 6.45) is 1.53. The first-order valence-corrected chi connectivity index (χ1v) is 11.8. The van der Waals surface area contributed by atoms with Crippen molar-refractivity contribution in [3.8, 4) is 28.6 Å². The summed E-state index contributed by atoms with van der Waals surface area (Å²) >= 11 is 0. The number of benzene rings is 4. The predicted molar refractivity (Wildman–Crippen MR) is 145 cm³/mol. The van der Waals surface area contributed by atoms with Gasteiger partial charge in [0.1, 0.15) is 12.4 Å². The van der Waals surface area contributed by atoms with Gasteiger partial charge in [0.25, 0.3) is 5.56 Å². The molecule has 8 heteroatoms. The van der Waals surface area contributed by atoms with Gasteiger partial charge in [0.05, 0.1) is 31.3 Å². The fraction of sp³-hybridized carbons (Fsp3) is 0.100. The Bertz CT molecular complexity index is 1660. The topological polar surface area (TPSA) is 74.9 Å². The van der Waals surface area contributed by atoms with Crippen molar-refractivity contribution in [2.24, 2.45) is 5.10 Å². The number of aromatic nitrogens is 2. The summed E-state index contributed by atoms with van der Waals surface area (Å²) in [6, 6.07) is 26.2. The Balaban J connectivity index is 1.54. The molecular formula is C30H24FN3O4. The van der Waals surface area contributed by atoms with Crippen LogP contribution < -0.4 is 19.8 Å². The molecule has 0 aliphatic carbocycles. The minimum absolute atomic E-state index is 0.122. The van der Waals surface area contributed by atoms with Crippen molar-refractivity contribution in [3.63, 3.8) is 0 Å². The number of fused-ring (bicyclic) bond motifs is 1. The van der Waals surface area contributed by atoms with Gasteiger partial charge < -0.3 is 14.2 Å². The largest absolute Gasteiger partial charge is 0.493 e. The number of hydrogen-bond donors (Lipinski definition) is 0. The molecule has 4 aromatic carbocycles. The highest BCUT2D eigenvalue weighted by Gasteiger charge is 2.16. The van der Waals surface area contributed by atoms with Crippen LogP contribution in [0.1, 0.15) is 11.1 Å². The number of halogens is 1. The monoisotopic (exact) mass is 509 g/mol. The second kappa shape index (κ2) is 11.0. The third kappa shape index (κ3) is 5.10. The minimum Gasteiger partial charge on any atom is -0.493 e. The molecule has 7 nitrogen and oxygen atoms in total. The lowest BCUT2D eigenvalue weighted by Gasteiger charge is -2.15. The van der Waals surface area contributed by atoms with Gasteiger partial charge in [0.2, 0.25) is 5.75 Å². The Morgan fingerprint density at radius 2 is 1.61 bits per heavy atom. The molecule has 0 atom stereocenters. The maximum absolute atomic E-state index is 13.6. The van der Waals surface area contributed by atoms with Crippen molar-refractivity contribution in [3.05, 3.63) is 118 Å². The lowest BCUT2D eigenvalue weighted by Crippen LogP contribution is -2.20. The van der Waals surface area contributed by atoms with Crippen molar-refractivity contribution >= 4 is 17.1 Å². The second-order valence-electron chi connectivity index (χ2n) is 8.35. The van der Waals surface area contributed by atoms with Crippen LogP contribution in [0.5, 0.6) is 17.2 Å².